The molecule has 1 saturated heterocycles. The Kier molecular flexibility index (Phi) is 5.79. The molecular formula is C14H24FNO3. The van der Waals surface area contributed by atoms with Crippen molar-refractivity contribution in [2.24, 2.45) is 0 Å². The molecule has 0 radical (unpaired) electrons. The zero-order valence-electron chi connectivity index (χ0n) is 12.0. The number of alkyl halides is 1. The van der Waals surface area contributed by atoms with Crippen LogP contribution in [-0.4, -0.2) is 48.6 Å². The average molecular weight is 273 g/mol. The molecule has 0 spiro atoms. The predicted molar refractivity (Wildman–Crippen MR) is 71.9 cm³/mol. The second-order valence-corrected chi connectivity index (χ2v) is 5.74. The van der Waals surface area contributed by atoms with Gasteiger partial charge in [0, 0.05) is 6.61 Å². The maximum atomic E-state index is 13.7. The molecule has 4 nitrogen and oxygen atoms in total. The van der Waals surface area contributed by atoms with E-state index in [1.807, 2.05) is 0 Å². The van der Waals surface area contributed by atoms with Crippen LogP contribution in [0.15, 0.2) is 12.7 Å². The molecule has 1 amide bonds. The van der Waals surface area contributed by atoms with Gasteiger partial charge in [0.15, 0.2) is 0 Å². The number of hydrogen-bond acceptors (Lipinski definition) is 3. The Bertz CT molecular complexity index is 314. The average Bonchev–Trinajstić information content (AvgIpc) is 2.64. The van der Waals surface area contributed by atoms with Crippen LogP contribution >= 0.6 is 0 Å². The number of amides is 1. The summed E-state index contributed by atoms with van der Waals surface area (Å²) in [5.41, 5.74) is -0.564. The van der Waals surface area contributed by atoms with Crippen LogP contribution in [0, 0.1) is 0 Å². The third-order valence-electron chi connectivity index (χ3n) is 2.73. The normalized spacial score (nSPS) is 23.5. The molecule has 1 aliphatic rings. The molecular weight excluding hydrogens is 249 g/mol. The van der Waals surface area contributed by atoms with Crippen molar-refractivity contribution in [2.75, 3.05) is 19.7 Å². The largest absolute Gasteiger partial charge is 0.444 e. The zero-order valence-corrected chi connectivity index (χ0v) is 12.0. The van der Waals surface area contributed by atoms with E-state index in [1.165, 1.54) is 4.90 Å². The molecule has 2 unspecified atom stereocenters. The highest BCUT2D eigenvalue weighted by atomic mass is 19.1. The number of likely N-dealkylation sites (tertiary alicyclic amines) is 1. The first kappa shape index (κ1) is 16.0. The lowest BCUT2D eigenvalue weighted by atomic mass is 10.2. The lowest BCUT2D eigenvalue weighted by molar-refractivity contribution is 0.0140. The van der Waals surface area contributed by atoms with Crippen molar-refractivity contribution in [3.8, 4) is 0 Å². The lowest BCUT2D eigenvalue weighted by Crippen LogP contribution is -2.36. The summed E-state index contributed by atoms with van der Waals surface area (Å²) in [6, 6.07) is 0. The maximum absolute atomic E-state index is 13.7. The highest BCUT2D eigenvalue weighted by molar-refractivity contribution is 5.68. The Morgan fingerprint density at radius 2 is 2.16 bits per heavy atom. The van der Waals surface area contributed by atoms with Gasteiger partial charge >= 0.3 is 6.09 Å². The molecule has 0 aromatic carbocycles. The first-order valence-electron chi connectivity index (χ1n) is 6.68. The Balaban J connectivity index is 2.37. The van der Waals surface area contributed by atoms with E-state index in [9.17, 15) is 9.18 Å². The number of unbranched alkanes of at least 4 members (excludes halogenated alkanes) is 1. The van der Waals surface area contributed by atoms with Crippen LogP contribution in [0.3, 0.4) is 0 Å². The number of carbonyl (C=O) groups excluding carboxylic acids is 1. The third-order valence-corrected chi connectivity index (χ3v) is 2.73. The van der Waals surface area contributed by atoms with Crippen LogP contribution in [-0.2, 0) is 9.47 Å². The monoisotopic (exact) mass is 273 g/mol. The van der Waals surface area contributed by atoms with Gasteiger partial charge in [-0.1, -0.05) is 6.08 Å². The van der Waals surface area contributed by atoms with Gasteiger partial charge < -0.3 is 14.4 Å². The van der Waals surface area contributed by atoms with Gasteiger partial charge in [0.05, 0.1) is 13.1 Å². The number of ether oxygens (including phenoxy) is 2. The second kappa shape index (κ2) is 6.89. The highest BCUT2D eigenvalue weighted by Crippen LogP contribution is 2.20. The lowest BCUT2D eigenvalue weighted by Gasteiger charge is -2.24. The van der Waals surface area contributed by atoms with Gasteiger partial charge in [-0.25, -0.2) is 9.18 Å². The summed E-state index contributed by atoms with van der Waals surface area (Å²) in [5.74, 6) is 0. The topological polar surface area (TPSA) is 38.8 Å². The molecule has 0 aromatic heterocycles. The Morgan fingerprint density at radius 1 is 1.47 bits per heavy atom. The van der Waals surface area contributed by atoms with Crippen LogP contribution in [0.4, 0.5) is 9.18 Å². The molecule has 1 fully saturated rings. The van der Waals surface area contributed by atoms with Gasteiger partial charge in [0.2, 0.25) is 0 Å². The van der Waals surface area contributed by atoms with Gasteiger partial charge in [-0.3, -0.25) is 0 Å². The first-order chi connectivity index (χ1) is 8.83. The Labute approximate surface area is 114 Å². The smallest absolute Gasteiger partial charge is 0.410 e. The standard InChI is InChI=1S/C14H24FNO3/c1-5-6-7-8-18-12-10-16(9-11(12)15)13(17)19-14(2,3)4/h5,11-12H,1,6-10H2,2-4H3. The van der Waals surface area contributed by atoms with E-state index in [0.717, 1.165) is 12.8 Å². The van der Waals surface area contributed by atoms with E-state index in [0.29, 0.717) is 6.61 Å². The SMILES string of the molecule is C=CCCCOC1CN(C(=O)OC(C)(C)C)CC1F. The molecule has 19 heavy (non-hydrogen) atoms. The summed E-state index contributed by atoms with van der Waals surface area (Å²) < 4.78 is 24.4. The maximum Gasteiger partial charge on any atom is 0.410 e. The van der Waals surface area contributed by atoms with Crippen LogP contribution in [0.1, 0.15) is 33.6 Å². The fraction of sp³-hybridized carbons (Fsp3) is 0.786. The summed E-state index contributed by atoms with van der Waals surface area (Å²) in [5, 5.41) is 0. The van der Waals surface area contributed by atoms with Crippen molar-refractivity contribution in [2.45, 2.75) is 51.5 Å². The van der Waals surface area contributed by atoms with E-state index in [-0.39, 0.29) is 13.1 Å². The summed E-state index contributed by atoms with van der Waals surface area (Å²) in [7, 11) is 0. The van der Waals surface area contributed by atoms with Crippen LogP contribution in [0.5, 0.6) is 0 Å². The first-order valence-corrected chi connectivity index (χ1v) is 6.68. The van der Waals surface area contributed by atoms with Crippen molar-refractivity contribution in [3.05, 3.63) is 12.7 Å². The number of rotatable bonds is 5. The van der Waals surface area contributed by atoms with Gasteiger partial charge in [-0.15, -0.1) is 6.58 Å². The summed E-state index contributed by atoms with van der Waals surface area (Å²) in [6.45, 7) is 9.76. The van der Waals surface area contributed by atoms with E-state index < -0.39 is 24.0 Å². The molecule has 1 rings (SSSR count). The van der Waals surface area contributed by atoms with Crippen LogP contribution < -0.4 is 0 Å². The number of nitrogens with zero attached hydrogens (tertiary/aromatic N) is 1. The molecule has 0 bridgehead atoms. The molecule has 0 saturated carbocycles. The van der Waals surface area contributed by atoms with Gasteiger partial charge in [0.1, 0.15) is 17.9 Å². The van der Waals surface area contributed by atoms with Crippen molar-refractivity contribution < 1.29 is 18.7 Å². The molecule has 0 aromatic rings. The van der Waals surface area contributed by atoms with Crippen molar-refractivity contribution in [3.63, 3.8) is 0 Å². The van der Waals surface area contributed by atoms with E-state index in [1.54, 1.807) is 26.8 Å². The highest BCUT2D eigenvalue weighted by Gasteiger charge is 2.37. The predicted octanol–water partition coefficient (Wildman–Crippen LogP) is 2.93. The van der Waals surface area contributed by atoms with E-state index in [4.69, 9.17) is 9.47 Å². The van der Waals surface area contributed by atoms with Crippen molar-refractivity contribution in [1.29, 1.82) is 0 Å². The number of allylic oxidation sites excluding steroid dienone is 1. The van der Waals surface area contributed by atoms with Gasteiger partial charge in [0.25, 0.3) is 0 Å². The Hall–Kier alpha value is -1.10. The minimum absolute atomic E-state index is 0.0427. The van der Waals surface area contributed by atoms with Gasteiger partial charge in [-0.05, 0) is 33.6 Å². The van der Waals surface area contributed by atoms with Crippen LogP contribution in [0.2, 0.25) is 0 Å². The Morgan fingerprint density at radius 3 is 2.74 bits per heavy atom. The number of halogens is 1. The molecule has 0 aliphatic carbocycles. The van der Waals surface area contributed by atoms with E-state index >= 15 is 0 Å². The summed E-state index contributed by atoms with van der Waals surface area (Å²) >= 11 is 0. The third kappa shape index (κ3) is 5.59. The van der Waals surface area contributed by atoms with Gasteiger partial charge in [-0.2, -0.15) is 0 Å². The molecule has 0 N–H and O–H groups in total. The van der Waals surface area contributed by atoms with Crippen molar-refractivity contribution >= 4 is 6.09 Å². The van der Waals surface area contributed by atoms with Crippen molar-refractivity contribution in [1.82, 2.24) is 4.90 Å². The molecule has 2 atom stereocenters. The number of carbonyl (C=O) groups is 1. The summed E-state index contributed by atoms with van der Waals surface area (Å²) in [4.78, 5) is 13.2. The summed E-state index contributed by atoms with van der Waals surface area (Å²) in [6.07, 6.45) is 1.30. The quantitative estimate of drug-likeness (QED) is 0.571. The molecule has 110 valence electrons. The number of hydrogen-bond donors (Lipinski definition) is 0. The molecule has 1 aliphatic heterocycles. The zero-order chi connectivity index (χ0) is 14.5. The fourth-order valence-corrected chi connectivity index (χ4v) is 1.83. The molecule has 1 heterocycles. The second-order valence-electron chi connectivity index (χ2n) is 5.74. The molecule has 5 heteroatoms. The minimum atomic E-state index is -1.14. The fourth-order valence-electron chi connectivity index (χ4n) is 1.83. The van der Waals surface area contributed by atoms with E-state index in [2.05, 4.69) is 6.58 Å². The van der Waals surface area contributed by atoms with Crippen LogP contribution in [0.25, 0.3) is 0 Å². The minimum Gasteiger partial charge on any atom is -0.444 e.